The lowest BCUT2D eigenvalue weighted by molar-refractivity contribution is 0.0706. The van der Waals surface area contributed by atoms with Crippen molar-refractivity contribution in [1.29, 1.82) is 0 Å². The first kappa shape index (κ1) is 12.2. The number of para-hydroxylation sites is 1. The molecule has 1 aromatic heterocycles. The fraction of sp³-hybridized carbons (Fsp3) is 0. The fourth-order valence-electron chi connectivity index (χ4n) is 2.02. The largest absolute Gasteiger partial charge is 0.507 e. The van der Waals surface area contributed by atoms with Gasteiger partial charge in [0, 0.05) is 5.56 Å². The molecular formula is C14H11N3O3. The number of nitrogens with zero attached hydrogens (tertiary/aromatic N) is 1. The van der Waals surface area contributed by atoms with Crippen molar-refractivity contribution in [2.45, 2.75) is 0 Å². The summed E-state index contributed by atoms with van der Waals surface area (Å²) in [7, 11) is 0. The van der Waals surface area contributed by atoms with Crippen LogP contribution in [0.1, 0.15) is 10.4 Å². The average molecular weight is 269 g/mol. The number of hydrogen-bond acceptors (Lipinski definition) is 4. The molecule has 0 fully saturated rings. The molecule has 4 N–H and O–H groups in total. The average Bonchev–Trinajstić information content (AvgIpc) is 2.89. The smallest absolute Gasteiger partial charge is 0.274 e. The second kappa shape index (κ2) is 4.67. The van der Waals surface area contributed by atoms with Crippen molar-refractivity contribution in [3.8, 4) is 17.1 Å². The van der Waals surface area contributed by atoms with E-state index in [1.54, 1.807) is 47.9 Å². The molecule has 6 heteroatoms. The number of carbonyl (C=O) groups excluding carboxylic acids is 1. The maximum Gasteiger partial charge on any atom is 0.274 e. The number of hydroxylamine groups is 1. The van der Waals surface area contributed by atoms with Gasteiger partial charge in [-0.25, -0.2) is 10.5 Å². The first-order chi connectivity index (χ1) is 9.69. The molecule has 0 aliphatic heterocycles. The first-order valence-corrected chi connectivity index (χ1v) is 5.91. The molecule has 0 aliphatic rings. The molecule has 0 atom stereocenters. The predicted molar refractivity (Wildman–Crippen MR) is 72.4 cm³/mol. The molecule has 1 amide bonds. The Kier molecular flexibility index (Phi) is 2.85. The summed E-state index contributed by atoms with van der Waals surface area (Å²) in [5, 5.41) is 18.4. The molecule has 6 nitrogen and oxygen atoms in total. The summed E-state index contributed by atoms with van der Waals surface area (Å²) in [6.45, 7) is 0. The van der Waals surface area contributed by atoms with Gasteiger partial charge < -0.3 is 10.1 Å². The van der Waals surface area contributed by atoms with Crippen molar-refractivity contribution < 1.29 is 15.1 Å². The number of H-pyrrole nitrogens is 1. The number of imidazole rings is 1. The van der Waals surface area contributed by atoms with E-state index in [2.05, 4.69) is 9.97 Å². The van der Waals surface area contributed by atoms with Gasteiger partial charge in [-0.3, -0.25) is 10.0 Å². The molecule has 0 bridgehead atoms. The van der Waals surface area contributed by atoms with Gasteiger partial charge >= 0.3 is 0 Å². The number of aromatic nitrogens is 2. The van der Waals surface area contributed by atoms with Crippen LogP contribution in [0.15, 0.2) is 42.5 Å². The van der Waals surface area contributed by atoms with Crippen LogP contribution in [-0.2, 0) is 0 Å². The number of phenols is 1. The molecular weight excluding hydrogens is 258 g/mol. The lowest BCUT2D eigenvalue weighted by atomic mass is 10.2. The minimum Gasteiger partial charge on any atom is -0.507 e. The van der Waals surface area contributed by atoms with E-state index in [0.717, 1.165) is 0 Å². The number of nitrogens with one attached hydrogen (secondary N) is 2. The fourth-order valence-corrected chi connectivity index (χ4v) is 2.02. The Morgan fingerprint density at radius 2 is 2.00 bits per heavy atom. The zero-order valence-corrected chi connectivity index (χ0v) is 10.3. The number of phenolic OH excluding ortho intramolecular Hbond substituents is 1. The van der Waals surface area contributed by atoms with E-state index in [1.807, 2.05) is 0 Å². The van der Waals surface area contributed by atoms with E-state index in [4.69, 9.17) is 5.21 Å². The van der Waals surface area contributed by atoms with Crippen LogP contribution in [0.25, 0.3) is 22.4 Å². The third kappa shape index (κ3) is 1.98. The molecule has 3 aromatic rings. The highest BCUT2D eigenvalue weighted by Crippen LogP contribution is 2.28. The zero-order valence-electron chi connectivity index (χ0n) is 10.3. The van der Waals surface area contributed by atoms with Gasteiger partial charge in [-0.15, -0.1) is 0 Å². The van der Waals surface area contributed by atoms with Crippen molar-refractivity contribution in [3.63, 3.8) is 0 Å². The summed E-state index contributed by atoms with van der Waals surface area (Å²) in [5.74, 6) is 0.0464. The van der Waals surface area contributed by atoms with Crippen LogP contribution in [0.2, 0.25) is 0 Å². The van der Waals surface area contributed by atoms with Gasteiger partial charge in [0.1, 0.15) is 11.6 Å². The van der Waals surface area contributed by atoms with Crippen molar-refractivity contribution >= 4 is 16.9 Å². The molecule has 0 aliphatic carbocycles. The molecule has 0 saturated heterocycles. The summed E-state index contributed by atoms with van der Waals surface area (Å²) >= 11 is 0. The van der Waals surface area contributed by atoms with Crippen molar-refractivity contribution in [1.82, 2.24) is 15.4 Å². The van der Waals surface area contributed by atoms with E-state index in [1.165, 1.54) is 0 Å². The minimum atomic E-state index is -0.592. The monoisotopic (exact) mass is 269 g/mol. The van der Waals surface area contributed by atoms with Crippen LogP contribution in [0.4, 0.5) is 0 Å². The maximum absolute atomic E-state index is 11.4. The third-order valence-corrected chi connectivity index (χ3v) is 3.00. The number of aromatic hydroxyl groups is 1. The Bertz CT molecular complexity index is 795. The summed E-state index contributed by atoms with van der Waals surface area (Å²) in [4.78, 5) is 18.8. The number of rotatable bonds is 2. The zero-order chi connectivity index (χ0) is 14.1. The first-order valence-electron chi connectivity index (χ1n) is 5.91. The molecule has 100 valence electrons. The molecule has 0 saturated carbocycles. The number of amides is 1. The predicted octanol–water partition coefficient (Wildman–Crippen LogP) is 2.05. The molecule has 0 radical (unpaired) electrons. The van der Waals surface area contributed by atoms with E-state index >= 15 is 0 Å². The topological polar surface area (TPSA) is 98.2 Å². The van der Waals surface area contributed by atoms with E-state index in [9.17, 15) is 9.90 Å². The van der Waals surface area contributed by atoms with Gasteiger partial charge in [0.05, 0.1) is 16.6 Å². The van der Waals surface area contributed by atoms with Gasteiger partial charge in [0.25, 0.3) is 5.91 Å². The molecule has 3 rings (SSSR count). The highest BCUT2D eigenvalue weighted by atomic mass is 16.5. The van der Waals surface area contributed by atoms with E-state index < -0.39 is 5.91 Å². The van der Waals surface area contributed by atoms with Crippen LogP contribution in [0.3, 0.4) is 0 Å². The van der Waals surface area contributed by atoms with Gasteiger partial charge in [0.2, 0.25) is 0 Å². The summed E-state index contributed by atoms with van der Waals surface area (Å²) < 4.78 is 0. The van der Waals surface area contributed by atoms with Crippen LogP contribution < -0.4 is 5.48 Å². The van der Waals surface area contributed by atoms with Crippen LogP contribution in [-0.4, -0.2) is 26.2 Å². The van der Waals surface area contributed by atoms with E-state index in [0.29, 0.717) is 28.0 Å². The Labute approximate surface area is 113 Å². The summed E-state index contributed by atoms with van der Waals surface area (Å²) in [6, 6.07) is 11.7. The van der Waals surface area contributed by atoms with Crippen LogP contribution >= 0.6 is 0 Å². The second-order valence-electron chi connectivity index (χ2n) is 4.28. The van der Waals surface area contributed by atoms with Crippen molar-refractivity contribution in [2.75, 3.05) is 0 Å². The van der Waals surface area contributed by atoms with Crippen molar-refractivity contribution in [2.24, 2.45) is 0 Å². The normalized spacial score (nSPS) is 10.7. The van der Waals surface area contributed by atoms with Crippen molar-refractivity contribution in [3.05, 3.63) is 48.0 Å². The molecule has 0 unspecified atom stereocenters. The summed E-state index contributed by atoms with van der Waals surface area (Å²) in [5.41, 5.74) is 3.78. The summed E-state index contributed by atoms with van der Waals surface area (Å²) in [6.07, 6.45) is 0. The van der Waals surface area contributed by atoms with Crippen LogP contribution in [0.5, 0.6) is 5.75 Å². The number of aromatic amines is 1. The highest BCUT2D eigenvalue weighted by Gasteiger charge is 2.11. The van der Waals surface area contributed by atoms with Gasteiger partial charge in [-0.2, -0.15) is 0 Å². The standard InChI is InChI=1S/C14H11N3O3/c18-12-4-2-1-3-9(12)13-15-10-6-5-8(14(19)17-20)7-11(10)16-13/h1-7,18,20H,(H,15,16)(H,17,19). The quantitative estimate of drug-likeness (QED) is 0.422. The Hall–Kier alpha value is -2.86. The highest BCUT2D eigenvalue weighted by molar-refractivity contribution is 5.97. The Morgan fingerprint density at radius 3 is 2.75 bits per heavy atom. The van der Waals surface area contributed by atoms with Crippen LogP contribution in [0, 0.1) is 0 Å². The molecule has 20 heavy (non-hydrogen) atoms. The minimum absolute atomic E-state index is 0.125. The molecule has 0 spiro atoms. The maximum atomic E-state index is 11.4. The SMILES string of the molecule is O=C(NO)c1ccc2nc(-c3ccccc3O)[nH]c2c1. The molecule has 1 heterocycles. The number of hydrogen-bond donors (Lipinski definition) is 4. The molecule has 2 aromatic carbocycles. The number of carbonyl (C=O) groups is 1. The lowest BCUT2D eigenvalue weighted by Crippen LogP contribution is -2.18. The van der Waals surface area contributed by atoms with Gasteiger partial charge in [-0.1, -0.05) is 12.1 Å². The number of fused-ring (bicyclic) bond motifs is 1. The third-order valence-electron chi connectivity index (χ3n) is 3.00. The van der Waals surface area contributed by atoms with Gasteiger partial charge in [0.15, 0.2) is 0 Å². The Balaban J connectivity index is 2.12. The van der Waals surface area contributed by atoms with Gasteiger partial charge in [-0.05, 0) is 30.3 Å². The van der Waals surface area contributed by atoms with E-state index in [-0.39, 0.29) is 5.75 Å². The Morgan fingerprint density at radius 1 is 1.20 bits per heavy atom. The lowest BCUT2D eigenvalue weighted by Gasteiger charge is -1.99. The second-order valence-corrected chi connectivity index (χ2v) is 4.28. The number of benzene rings is 2.